The second-order valence-electron chi connectivity index (χ2n) is 17.1. The number of carbonyl (C=O) groups is 10. The first-order valence-electron chi connectivity index (χ1n) is 21.9. The van der Waals surface area contributed by atoms with E-state index in [1.165, 1.54) is 4.90 Å². The molecule has 2 aromatic carbocycles. The zero-order valence-corrected chi connectivity index (χ0v) is 39.0. The molecule has 4 atom stereocenters. The second kappa shape index (κ2) is 26.7. The Kier molecular flexibility index (Phi) is 21.6. The van der Waals surface area contributed by atoms with E-state index in [9.17, 15) is 62.5 Å². The quantitative estimate of drug-likeness (QED) is 0.0444. The third-order valence-corrected chi connectivity index (χ3v) is 10.4. The summed E-state index contributed by atoms with van der Waals surface area (Å²) in [6.07, 6.45) is -1.49. The van der Waals surface area contributed by atoms with Crippen molar-refractivity contribution in [1.29, 1.82) is 0 Å². The van der Waals surface area contributed by atoms with E-state index in [4.69, 9.17) is 10.8 Å². The molecule has 0 unspecified atom stereocenters. The molecule has 0 spiro atoms. The minimum atomic E-state index is -1.85. The standard InChI is InChI=1S/C46H59F2N9O13/c1-26(59)53-34(21-41(66)67)45(70)55-33(20-36(49)60)44(69)54-32(43(68)51-16-15-50-38(62)22-52-37(61)12-13-40(64)65)14-17-57(39(63)25-58)42(46(2,3)4)35-18-28(30-19-29(47)10-11-31(30)48)24-56(35)23-27-8-6-5-7-9-27/h5-11,18-19,24,32-34,42,58H,12-17,20-23,25H2,1-4H3,(H2,49,60)(H,50,62)(H,51,68)(H,52,61)(H,53,59)(H,54,69)(H,55,70)(H,64,65)(H,66,67)/t32-,33-,34+,42-/m0/s1. The van der Waals surface area contributed by atoms with Crippen LogP contribution >= 0.6 is 0 Å². The van der Waals surface area contributed by atoms with Crippen LogP contribution in [0, 0.1) is 17.0 Å². The zero-order valence-electron chi connectivity index (χ0n) is 39.0. The van der Waals surface area contributed by atoms with Gasteiger partial charge in [0.25, 0.3) is 0 Å². The van der Waals surface area contributed by atoms with E-state index in [0.717, 1.165) is 30.7 Å². The summed E-state index contributed by atoms with van der Waals surface area (Å²) in [5, 5.41) is 42.4. The third-order valence-electron chi connectivity index (χ3n) is 10.4. The molecular formula is C46H59F2N9O13. The van der Waals surface area contributed by atoms with Gasteiger partial charge in [0.15, 0.2) is 0 Å². The number of nitrogens with one attached hydrogen (secondary N) is 6. The minimum Gasteiger partial charge on any atom is -0.481 e. The van der Waals surface area contributed by atoms with Crippen molar-refractivity contribution in [3.8, 4) is 11.1 Å². The van der Waals surface area contributed by atoms with Gasteiger partial charge in [0, 0.05) is 62.5 Å². The third kappa shape index (κ3) is 18.4. The van der Waals surface area contributed by atoms with E-state index in [1.54, 1.807) is 55.8 Å². The largest absolute Gasteiger partial charge is 0.481 e. The van der Waals surface area contributed by atoms with Crippen LogP contribution in [0.3, 0.4) is 0 Å². The number of amides is 8. The summed E-state index contributed by atoms with van der Waals surface area (Å²) in [5.74, 6) is -11.7. The van der Waals surface area contributed by atoms with Gasteiger partial charge in [-0.3, -0.25) is 47.9 Å². The number of aromatic nitrogens is 1. The molecule has 11 N–H and O–H groups in total. The number of hydrogen-bond donors (Lipinski definition) is 10. The number of aliphatic hydroxyl groups is 1. The van der Waals surface area contributed by atoms with Crippen molar-refractivity contribution in [2.45, 2.75) is 90.5 Å². The number of hydrogen-bond acceptors (Lipinski definition) is 11. The second-order valence-corrected chi connectivity index (χ2v) is 17.1. The number of benzene rings is 2. The Bertz CT molecular complexity index is 2380. The van der Waals surface area contributed by atoms with Gasteiger partial charge < -0.3 is 62.4 Å². The van der Waals surface area contributed by atoms with Crippen molar-refractivity contribution >= 4 is 59.2 Å². The topological polar surface area (TPSA) is 338 Å². The molecule has 1 heterocycles. The van der Waals surface area contributed by atoms with Gasteiger partial charge >= 0.3 is 11.9 Å². The van der Waals surface area contributed by atoms with Gasteiger partial charge in [0.1, 0.15) is 36.4 Å². The van der Waals surface area contributed by atoms with Crippen molar-refractivity contribution in [1.82, 2.24) is 41.4 Å². The Labute approximate surface area is 401 Å². The fraction of sp³-hybridized carbons (Fsp3) is 0.435. The maximum Gasteiger partial charge on any atom is 0.305 e. The average molecular weight is 984 g/mol. The summed E-state index contributed by atoms with van der Waals surface area (Å²) >= 11 is 0. The molecule has 0 saturated carbocycles. The SMILES string of the molecule is CC(=O)N[C@H](CC(=O)O)C(=O)N[C@@H](CC(N)=O)C(=O)N[C@@H](CCN(C(=O)CO)[C@@H](c1cc(-c2cc(F)ccc2F)cn1Cc1ccccc1)C(C)(C)C)C(=O)NCCNC(=O)CNC(=O)CCC(=O)O. The molecule has 0 saturated heterocycles. The number of halogens is 2. The lowest BCUT2D eigenvalue weighted by atomic mass is 9.82. The van der Waals surface area contributed by atoms with E-state index in [1.807, 2.05) is 12.1 Å². The Morgan fingerprint density at radius 2 is 1.37 bits per heavy atom. The molecule has 1 aromatic heterocycles. The molecule has 8 amide bonds. The van der Waals surface area contributed by atoms with E-state index in [2.05, 4.69) is 31.9 Å². The van der Waals surface area contributed by atoms with Gasteiger partial charge in [0.05, 0.1) is 31.8 Å². The molecule has 0 fully saturated rings. The van der Waals surface area contributed by atoms with E-state index in [-0.39, 0.29) is 37.2 Å². The molecule has 0 bridgehead atoms. The first-order valence-corrected chi connectivity index (χ1v) is 21.9. The monoisotopic (exact) mass is 983 g/mol. The molecule has 70 heavy (non-hydrogen) atoms. The van der Waals surface area contributed by atoms with E-state index in [0.29, 0.717) is 5.69 Å². The van der Waals surface area contributed by atoms with E-state index >= 15 is 4.39 Å². The normalized spacial score (nSPS) is 12.8. The van der Waals surface area contributed by atoms with Gasteiger partial charge in [-0.2, -0.15) is 0 Å². The summed E-state index contributed by atoms with van der Waals surface area (Å²) in [6, 6.07) is 7.38. The Balaban J connectivity index is 2.05. The predicted octanol–water partition coefficient (Wildman–Crippen LogP) is -0.182. The fourth-order valence-corrected chi connectivity index (χ4v) is 7.28. The predicted molar refractivity (Wildman–Crippen MR) is 244 cm³/mol. The van der Waals surface area contributed by atoms with Crippen LogP contribution in [0.15, 0.2) is 60.8 Å². The highest BCUT2D eigenvalue weighted by Crippen LogP contribution is 2.41. The molecule has 3 aromatic rings. The van der Waals surface area contributed by atoms with Crippen LogP contribution in [0.2, 0.25) is 0 Å². The number of carbonyl (C=O) groups excluding carboxylic acids is 8. The van der Waals surface area contributed by atoms with Gasteiger partial charge in [-0.05, 0) is 41.7 Å². The smallest absolute Gasteiger partial charge is 0.305 e. The van der Waals surface area contributed by atoms with Crippen molar-refractivity contribution < 1.29 is 72.0 Å². The summed E-state index contributed by atoms with van der Waals surface area (Å²) < 4.78 is 31.6. The van der Waals surface area contributed by atoms with Crippen LogP contribution in [-0.2, 0) is 54.5 Å². The van der Waals surface area contributed by atoms with Gasteiger partial charge in [0.2, 0.25) is 47.3 Å². The van der Waals surface area contributed by atoms with Crippen LogP contribution in [-0.4, -0.2) is 135 Å². The highest BCUT2D eigenvalue weighted by Gasteiger charge is 2.39. The van der Waals surface area contributed by atoms with Crippen molar-refractivity contribution in [2.75, 3.05) is 32.8 Å². The lowest BCUT2D eigenvalue weighted by Gasteiger charge is -2.41. The highest BCUT2D eigenvalue weighted by atomic mass is 19.1. The molecule has 24 heteroatoms. The molecular weight excluding hydrogens is 925 g/mol. The van der Waals surface area contributed by atoms with Crippen molar-refractivity contribution in [2.24, 2.45) is 11.1 Å². The number of rotatable bonds is 27. The van der Waals surface area contributed by atoms with Gasteiger partial charge in [-0.25, -0.2) is 8.78 Å². The summed E-state index contributed by atoms with van der Waals surface area (Å²) in [7, 11) is 0. The Hall–Kier alpha value is -7.76. The number of carboxylic acid groups (broad SMARTS) is 2. The lowest BCUT2D eigenvalue weighted by molar-refractivity contribution is -0.141. The molecule has 3 rings (SSSR count). The summed E-state index contributed by atoms with van der Waals surface area (Å²) in [6.45, 7) is 3.99. The molecule has 0 aliphatic heterocycles. The Morgan fingerprint density at radius 3 is 1.96 bits per heavy atom. The van der Waals surface area contributed by atoms with E-state index < -0.39 is 146 Å². The molecule has 0 aliphatic rings. The molecule has 0 aliphatic carbocycles. The Morgan fingerprint density at radius 1 is 0.743 bits per heavy atom. The first kappa shape index (κ1) is 56.6. The number of nitrogens with two attached hydrogens (primary N) is 1. The molecule has 380 valence electrons. The van der Waals surface area contributed by atoms with Crippen LogP contribution in [0.4, 0.5) is 8.78 Å². The number of nitrogens with zero attached hydrogens (tertiary/aromatic N) is 2. The lowest BCUT2D eigenvalue weighted by Crippen LogP contribution is -2.58. The first-order chi connectivity index (χ1) is 32.9. The molecule has 22 nitrogen and oxygen atoms in total. The summed E-state index contributed by atoms with van der Waals surface area (Å²) in [5.41, 5.74) is 5.83. The van der Waals surface area contributed by atoms with Crippen LogP contribution in [0.1, 0.15) is 77.1 Å². The molecule has 0 radical (unpaired) electrons. The fourth-order valence-electron chi connectivity index (χ4n) is 7.28. The zero-order chi connectivity index (χ0) is 52.3. The number of primary amides is 1. The van der Waals surface area contributed by atoms with Crippen LogP contribution in [0.25, 0.3) is 11.1 Å². The van der Waals surface area contributed by atoms with Crippen LogP contribution < -0.4 is 37.6 Å². The maximum atomic E-state index is 15.3. The maximum absolute atomic E-state index is 15.3. The van der Waals surface area contributed by atoms with Crippen molar-refractivity contribution in [3.05, 3.63) is 83.7 Å². The number of aliphatic carboxylic acids is 2. The average Bonchev–Trinajstić information content (AvgIpc) is 3.68. The minimum absolute atomic E-state index is 0.0826. The highest BCUT2D eigenvalue weighted by molar-refractivity contribution is 5.97. The van der Waals surface area contributed by atoms with Gasteiger partial charge in [-0.1, -0.05) is 51.1 Å². The summed E-state index contributed by atoms with van der Waals surface area (Å²) in [4.78, 5) is 127. The van der Waals surface area contributed by atoms with Crippen molar-refractivity contribution in [3.63, 3.8) is 0 Å². The van der Waals surface area contributed by atoms with Gasteiger partial charge in [-0.15, -0.1) is 0 Å². The number of carboxylic acids is 2. The van der Waals surface area contributed by atoms with Crippen LogP contribution in [0.5, 0.6) is 0 Å². The number of aliphatic hydroxyl groups excluding tert-OH is 1.